The molecule has 0 radical (unpaired) electrons. The van der Waals surface area contributed by atoms with Crippen molar-refractivity contribution >= 4 is 27.5 Å². The Bertz CT molecular complexity index is 1170. The van der Waals surface area contributed by atoms with Gasteiger partial charge in [0.15, 0.2) is 20.8 Å². The Balaban J connectivity index is 1.51. The van der Waals surface area contributed by atoms with Crippen LogP contribution in [0.2, 0.25) is 0 Å². The molecule has 0 unspecified atom stereocenters. The second-order valence-electron chi connectivity index (χ2n) is 7.34. The van der Waals surface area contributed by atoms with Gasteiger partial charge in [0.05, 0.1) is 23.8 Å². The van der Waals surface area contributed by atoms with E-state index in [2.05, 4.69) is 15.5 Å². The lowest BCUT2D eigenvalue weighted by atomic mass is 10.2. The molecule has 0 aliphatic carbocycles. The van der Waals surface area contributed by atoms with Crippen LogP contribution in [0.1, 0.15) is 12.0 Å². The van der Waals surface area contributed by atoms with E-state index < -0.39 is 9.84 Å². The van der Waals surface area contributed by atoms with Gasteiger partial charge in [0, 0.05) is 11.6 Å². The maximum atomic E-state index is 13.4. The van der Waals surface area contributed by atoms with Crippen LogP contribution in [0.3, 0.4) is 0 Å². The van der Waals surface area contributed by atoms with E-state index in [4.69, 9.17) is 0 Å². The molecule has 0 spiro atoms. The molecule has 2 aromatic carbocycles. The zero-order valence-corrected chi connectivity index (χ0v) is 18.2. The third-order valence-corrected chi connectivity index (χ3v) is 7.67. The van der Waals surface area contributed by atoms with Crippen molar-refractivity contribution in [2.75, 3.05) is 17.3 Å². The van der Waals surface area contributed by atoms with Crippen molar-refractivity contribution in [2.24, 2.45) is 0 Å². The predicted molar refractivity (Wildman–Crippen MR) is 117 cm³/mol. The standard InChI is InChI=1S/C21H21FN4O3S2/c22-17-8-6-16(7-9-17)20-24-25-21(26(20)12-15-4-2-1-3-5-15)30-13-19(27)23-18-10-11-31(28,29)14-18/h1-9,18H,10-14H2,(H,23,27)/t18-/m1/s1. The van der Waals surface area contributed by atoms with E-state index in [1.165, 1.54) is 23.9 Å². The number of benzene rings is 2. The Kier molecular flexibility index (Phi) is 6.38. The van der Waals surface area contributed by atoms with Crippen LogP contribution in [-0.4, -0.2) is 52.4 Å². The van der Waals surface area contributed by atoms with Crippen LogP contribution in [0, 0.1) is 5.82 Å². The van der Waals surface area contributed by atoms with Gasteiger partial charge in [-0.3, -0.25) is 9.36 Å². The maximum Gasteiger partial charge on any atom is 0.230 e. The van der Waals surface area contributed by atoms with Crippen molar-refractivity contribution in [3.8, 4) is 11.4 Å². The third-order valence-electron chi connectivity index (χ3n) is 4.93. The highest BCUT2D eigenvalue weighted by atomic mass is 32.2. The number of thioether (sulfide) groups is 1. The molecule has 3 aromatic rings. The summed E-state index contributed by atoms with van der Waals surface area (Å²) in [5.41, 5.74) is 1.76. The average molecular weight is 461 g/mol. The van der Waals surface area contributed by atoms with Crippen molar-refractivity contribution in [1.82, 2.24) is 20.1 Å². The molecule has 10 heteroatoms. The summed E-state index contributed by atoms with van der Waals surface area (Å²) in [7, 11) is -3.05. The number of hydrogen-bond donors (Lipinski definition) is 1. The summed E-state index contributed by atoms with van der Waals surface area (Å²) in [5, 5.41) is 11.8. The number of carbonyl (C=O) groups is 1. The summed E-state index contributed by atoms with van der Waals surface area (Å²) in [4.78, 5) is 12.3. The Hall–Kier alpha value is -2.72. The number of amides is 1. The van der Waals surface area contributed by atoms with Gasteiger partial charge in [0.25, 0.3) is 0 Å². The van der Waals surface area contributed by atoms with Gasteiger partial charge in [-0.2, -0.15) is 0 Å². The van der Waals surface area contributed by atoms with E-state index in [1.54, 1.807) is 12.1 Å². The smallest absolute Gasteiger partial charge is 0.230 e. The number of sulfone groups is 1. The average Bonchev–Trinajstić information content (AvgIpc) is 3.30. The summed E-state index contributed by atoms with van der Waals surface area (Å²) in [6, 6.07) is 15.5. The normalized spacial score (nSPS) is 17.5. The fourth-order valence-electron chi connectivity index (χ4n) is 3.42. The van der Waals surface area contributed by atoms with E-state index in [9.17, 15) is 17.6 Å². The van der Waals surface area contributed by atoms with Crippen molar-refractivity contribution < 1.29 is 17.6 Å². The molecule has 1 aliphatic heterocycles. The van der Waals surface area contributed by atoms with Gasteiger partial charge in [-0.05, 0) is 36.2 Å². The fourth-order valence-corrected chi connectivity index (χ4v) is 5.85. The predicted octanol–water partition coefficient (Wildman–Crippen LogP) is 2.53. The molecule has 1 saturated heterocycles. The topological polar surface area (TPSA) is 93.9 Å². The van der Waals surface area contributed by atoms with Crippen molar-refractivity contribution in [3.05, 3.63) is 66.0 Å². The largest absolute Gasteiger partial charge is 0.352 e. The summed E-state index contributed by atoms with van der Waals surface area (Å²) < 4.78 is 38.4. The zero-order valence-electron chi connectivity index (χ0n) is 16.6. The molecule has 2 heterocycles. The number of nitrogens with one attached hydrogen (secondary N) is 1. The second-order valence-corrected chi connectivity index (χ2v) is 10.5. The molecule has 0 saturated carbocycles. The molecule has 1 amide bonds. The number of rotatable bonds is 7. The number of nitrogens with zero attached hydrogens (tertiary/aromatic N) is 3. The maximum absolute atomic E-state index is 13.4. The SMILES string of the molecule is O=C(CSc1nnc(-c2ccc(F)cc2)n1Cc1ccccc1)N[C@@H]1CCS(=O)(=O)C1. The van der Waals surface area contributed by atoms with Gasteiger partial charge in [-0.25, -0.2) is 12.8 Å². The molecule has 162 valence electrons. The molecule has 1 atom stereocenters. The Morgan fingerprint density at radius 2 is 1.87 bits per heavy atom. The molecule has 1 aliphatic rings. The van der Waals surface area contributed by atoms with Crippen LogP contribution in [0.4, 0.5) is 4.39 Å². The highest BCUT2D eigenvalue weighted by molar-refractivity contribution is 7.99. The summed E-state index contributed by atoms with van der Waals surface area (Å²) in [6.07, 6.45) is 0.442. The monoisotopic (exact) mass is 460 g/mol. The molecule has 1 N–H and O–H groups in total. The number of hydrogen-bond acceptors (Lipinski definition) is 6. The quantitative estimate of drug-likeness (QED) is 0.545. The fraction of sp³-hybridized carbons (Fsp3) is 0.286. The molecule has 4 rings (SSSR count). The van der Waals surface area contributed by atoms with Gasteiger partial charge in [-0.15, -0.1) is 10.2 Å². The summed E-state index contributed by atoms with van der Waals surface area (Å²) >= 11 is 1.23. The first-order valence-electron chi connectivity index (χ1n) is 9.75. The molecule has 1 fully saturated rings. The van der Waals surface area contributed by atoms with Crippen LogP contribution < -0.4 is 5.32 Å². The molecular formula is C21H21FN4O3S2. The third kappa shape index (κ3) is 5.50. The van der Waals surface area contributed by atoms with E-state index in [1.807, 2.05) is 34.9 Å². The van der Waals surface area contributed by atoms with Crippen molar-refractivity contribution in [2.45, 2.75) is 24.2 Å². The van der Waals surface area contributed by atoms with Gasteiger partial charge in [-0.1, -0.05) is 42.1 Å². The second kappa shape index (κ2) is 9.19. The minimum Gasteiger partial charge on any atom is -0.352 e. The number of halogens is 1. The molecule has 7 nitrogen and oxygen atoms in total. The van der Waals surface area contributed by atoms with E-state index in [0.717, 1.165) is 11.1 Å². The highest BCUT2D eigenvalue weighted by Gasteiger charge is 2.29. The zero-order chi connectivity index (χ0) is 21.8. The van der Waals surface area contributed by atoms with E-state index >= 15 is 0 Å². The molecule has 31 heavy (non-hydrogen) atoms. The van der Waals surface area contributed by atoms with Crippen LogP contribution in [0.15, 0.2) is 59.8 Å². The molecular weight excluding hydrogens is 439 g/mol. The van der Waals surface area contributed by atoms with Crippen LogP contribution in [0.5, 0.6) is 0 Å². The van der Waals surface area contributed by atoms with Crippen molar-refractivity contribution in [1.29, 1.82) is 0 Å². The van der Waals surface area contributed by atoms with Crippen LogP contribution in [0.25, 0.3) is 11.4 Å². The van der Waals surface area contributed by atoms with Gasteiger partial charge in [0.2, 0.25) is 5.91 Å². The summed E-state index contributed by atoms with van der Waals surface area (Å²) in [5.74, 6) is 0.184. The first kappa shape index (κ1) is 21.5. The molecule has 1 aromatic heterocycles. The van der Waals surface area contributed by atoms with Crippen LogP contribution in [-0.2, 0) is 21.2 Å². The van der Waals surface area contributed by atoms with Gasteiger partial charge in [0.1, 0.15) is 5.82 Å². The lowest BCUT2D eigenvalue weighted by molar-refractivity contribution is -0.119. The number of aromatic nitrogens is 3. The van der Waals surface area contributed by atoms with E-state index in [-0.39, 0.29) is 35.0 Å². The van der Waals surface area contributed by atoms with Crippen LogP contribution >= 0.6 is 11.8 Å². The molecule has 0 bridgehead atoms. The summed E-state index contributed by atoms with van der Waals surface area (Å²) in [6.45, 7) is 0.491. The Morgan fingerprint density at radius 3 is 2.55 bits per heavy atom. The minimum atomic E-state index is -3.05. The first-order chi connectivity index (χ1) is 14.9. The van der Waals surface area contributed by atoms with Crippen molar-refractivity contribution in [3.63, 3.8) is 0 Å². The lowest BCUT2D eigenvalue weighted by Gasteiger charge is -2.12. The number of carbonyl (C=O) groups excluding carboxylic acids is 1. The highest BCUT2D eigenvalue weighted by Crippen LogP contribution is 2.25. The van der Waals surface area contributed by atoms with Gasteiger partial charge >= 0.3 is 0 Å². The Morgan fingerprint density at radius 1 is 1.13 bits per heavy atom. The lowest BCUT2D eigenvalue weighted by Crippen LogP contribution is -2.36. The van der Waals surface area contributed by atoms with E-state index in [0.29, 0.717) is 23.9 Å². The first-order valence-corrected chi connectivity index (χ1v) is 12.6. The van der Waals surface area contributed by atoms with Gasteiger partial charge < -0.3 is 5.32 Å². The Labute approximate surface area is 184 Å². The minimum absolute atomic E-state index is 0.0116.